The standard InChI is InChI=1S/C19H19NO3/c1-19(11-21-12-19)13-22-14-23-18-8-6-17(7-9-18)16-4-2-15(10-20)3-5-16/h2-9H,11-14H2,1H3. The van der Waals surface area contributed by atoms with Gasteiger partial charge < -0.3 is 14.2 Å². The van der Waals surface area contributed by atoms with Gasteiger partial charge in [-0.2, -0.15) is 5.26 Å². The highest BCUT2D eigenvalue weighted by atomic mass is 16.7. The molecule has 0 radical (unpaired) electrons. The molecule has 2 aromatic rings. The fraction of sp³-hybridized carbons (Fsp3) is 0.316. The minimum atomic E-state index is 0.142. The van der Waals surface area contributed by atoms with Crippen molar-refractivity contribution in [1.82, 2.24) is 0 Å². The summed E-state index contributed by atoms with van der Waals surface area (Å²) in [4.78, 5) is 0. The molecule has 0 bridgehead atoms. The Morgan fingerprint density at radius 2 is 1.65 bits per heavy atom. The number of hydrogen-bond acceptors (Lipinski definition) is 4. The summed E-state index contributed by atoms with van der Waals surface area (Å²) in [6.45, 7) is 4.55. The molecule has 0 saturated carbocycles. The van der Waals surface area contributed by atoms with Crippen molar-refractivity contribution in [2.24, 2.45) is 5.41 Å². The van der Waals surface area contributed by atoms with E-state index in [-0.39, 0.29) is 12.2 Å². The van der Waals surface area contributed by atoms with Crippen LogP contribution in [-0.4, -0.2) is 26.6 Å². The first kappa shape index (κ1) is 15.5. The van der Waals surface area contributed by atoms with Crippen LogP contribution in [0.5, 0.6) is 5.75 Å². The molecular weight excluding hydrogens is 290 g/mol. The summed E-state index contributed by atoms with van der Waals surface area (Å²) in [7, 11) is 0. The highest BCUT2D eigenvalue weighted by Gasteiger charge is 2.33. The van der Waals surface area contributed by atoms with Gasteiger partial charge >= 0.3 is 0 Å². The summed E-state index contributed by atoms with van der Waals surface area (Å²) in [6.07, 6.45) is 0. The van der Waals surface area contributed by atoms with Crippen LogP contribution in [0.15, 0.2) is 48.5 Å². The molecule has 1 saturated heterocycles. The van der Waals surface area contributed by atoms with Crippen LogP contribution in [0.3, 0.4) is 0 Å². The molecule has 1 aliphatic rings. The number of nitrogens with zero attached hydrogens (tertiary/aromatic N) is 1. The first-order chi connectivity index (χ1) is 11.2. The van der Waals surface area contributed by atoms with E-state index in [4.69, 9.17) is 19.5 Å². The van der Waals surface area contributed by atoms with Gasteiger partial charge in [-0.15, -0.1) is 0 Å². The van der Waals surface area contributed by atoms with Crippen molar-refractivity contribution >= 4 is 0 Å². The Morgan fingerprint density at radius 3 is 2.17 bits per heavy atom. The first-order valence-electron chi connectivity index (χ1n) is 7.57. The molecule has 118 valence electrons. The molecule has 3 rings (SSSR count). The van der Waals surface area contributed by atoms with Gasteiger partial charge in [-0.05, 0) is 35.4 Å². The second-order valence-electron chi connectivity index (χ2n) is 6.13. The van der Waals surface area contributed by atoms with Crippen LogP contribution in [0.25, 0.3) is 11.1 Å². The van der Waals surface area contributed by atoms with Gasteiger partial charge in [-0.25, -0.2) is 0 Å². The van der Waals surface area contributed by atoms with E-state index in [1.165, 1.54) is 0 Å². The second-order valence-corrected chi connectivity index (χ2v) is 6.13. The summed E-state index contributed by atoms with van der Waals surface area (Å²) in [5, 5.41) is 8.82. The normalized spacial score (nSPS) is 15.5. The van der Waals surface area contributed by atoms with E-state index in [9.17, 15) is 0 Å². The van der Waals surface area contributed by atoms with Gasteiger partial charge in [-0.3, -0.25) is 0 Å². The Morgan fingerprint density at radius 1 is 1.04 bits per heavy atom. The molecule has 4 nitrogen and oxygen atoms in total. The predicted octanol–water partition coefficient (Wildman–Crippen LogP) is 3.61. The molecule has 1 fully saturated rings. The second kappa shape index (κ2) is 6.82. The molecule has 0 unspecified atom stereocenters. The lowest BCUT2D eigenvalue weighted by atomic mass is 9.90. The van der Waals surface area contributed by atoms with Gasteiger partial charge in [0.15, 0.2) is 6.79 Å². The summed E-state index contributed by atoms with van der Waals surface area (Å²) in [5.74, 6) is 0.775. The highest BCUT2D eigenvalue weighted by molar-refractivity contribution is 5.64. The van der Waals surface area contributed by atoms with Gasteiger partial charge in [0, 0.05) is 5.41 Å². The Hall–Kier alpha value is -2.35. The van der Waals surface area contributed by atoms with Crippen LogP contribution in [0.2, 0.25) is 0 Å². The molecular formula is C19H19NO3. The topological polar surface area (TPSA) is 51.5 Å². The molecule has 4 heteroatoms. The molecule has 23 heavy (non-hydrogen) atoms. The summed E-state index contributed by atoms with van der Waals surface area (Å²) < 4.78 is 16.3. The van der Waals surface area contributed by atoms with Crippen LogP contribution in [-0.2, 0) is 9.47 Å². The van der Waals surface area contributed by atoms with Crippen LogP contribution < -0.4 is 4.74 Å². The molecule has 0 N–H and O–H groups in total. The highest BCUT2D eigenvalue weighted by Crippen LogP contribution is 2.27. The average Bonchev–Trinajstić information content (AvgIpc) is 2.58. The van der Waals surface area contributed by atoms with Crippen molar-refractivity contribution in [3.05, 3.63) is 54.1 Å². The predicted molar refractivity (Wildman–Crippen MR) is 87.0 cm³/mol. The fourth-order valence-electron chi connectivity index (χ4n) is 2.41. The molecule has 0 spiro atoms. The van der Waals surface area contributed by atoms with Crippen molar-refractivity contribution < 1.29 is 14.2 Å². The SMILES string of the molecule is CC1(COCOc2ccc(-c3ccc(C#N)cc3)cc2)COC1. The third-order valence-corrected chi connectivity index (χ3v) is 3.86. The van der Waals surface area contributed by atoms with Crippen molar-refractivity contribution in [1.29, 1.82) is 5.26 Å². The van der Waals surface area contributed by atoms with E-state index in [1.807, 2.05) is 48.5 Å². The van der Waals surface area contributed by atoms with Crippen molar-refractivity contribution in [3.8, 4) is 22.9 Å². The van der Waals surface area contributed by atoms with Crippen molar-refractivity contribution in [2.75, 3.05) is 26.6 Å². The summed E-state index contributed by atoms with van der Waals surface area (Å²) in [5.41, 5.74) is 2.96. The Bertz CT molecular complexity index is 682. The van der Waals surface area contributed by atoms with Gasteiger partial charge in [0.2, 0.25) is 0 Å². The summed E-state index contributed by atoms with van der Waals surface area (Å²) >= 11 is 0. The lowest BCUT2D eigenvalue weighted by Gasteiger charge is -2.37. The molecule has 0 atom stereocenters. The van der Waals surface area contributed by atoms with E-state index in [0.29, 0.717) is 12.2 Å². The smallest absolute Gasteiger partial charge is 0.189 e. The van der Waals surface area contributed by atoms with E-state index in [0.717, 1.165) is 30.1 Å². The van der Waals surface area contributed by atoms with Gasteiger partial charge in [0.1, 0.15) is 5.75 Å². The maximum absolute atomic E-state index is 8.82. The minimum Gasteiger partial charge on any atom is -0.468 e. The molecule has 2 aromatic carbocycles. The molecule has 0 aliphatic carbocycles. The number of rotatable bonds is 6. The fourth-order valence-corrected chi connectivity index (χ4v) is 2.41. The zero-order chi connectivity index (χ0) is 16.1. The van der Waals surface area contributed by atoms with Crippen LogP contribution in [0.4, 0.5) is 0 Å². The van der Waals surface area contributed by atoms with Crippen LogP contribution in [0.1, 0.15) is 12.5 Å². The average molecular weight is 309 g/mol. The molecule has 1 heterocycles. The van der Waals surface area contributed by atoms with Crippen molar-refractivity contribution in [3.63, 3.8) is 0 Å². The zero-order valence-corrected chi connectivity index (χ0v) is 13.1. The van der Waals surface area contributed by atoms with E-state index in [2.05, 4.69) is 13.0 Å². The van der Waals surface area contributed by atoms with Crippen LogP contribution >= 0.6 is 0 Å². The lowest BCUT2D eigenvalue weighted by Crippen LogP contribution is -2.43. The Labute approximate surface area is 136 Å². The maximum Gasteiger partial charge on any atom is 0.189 e. The number of ether oxygens (including phenoxy) is 3. The minimum absolute atomic E-state index is 0.142. The Kier molecular flexibility index (Phi) is 4.61. The van der Waals surface area contributed by atoms with Crippen molar-refractivity contribution in [2.45, 2.75) is 6.92 Å². The zero-order valence-electron chi connectivity index (χ0n) is 13.1. The number of benzene rings is 2. The van der Waals surface area contributed by atoms with E-state index < -0.39 is 0 Å². The van der Waals surface area contributed by atoms with Gasteiger partial charge in [-0.1, -0.05) is 31.2 Å². The number of hydrogen-bond donors (Lipinski definition) is 0. The molecule has 0 amide bonds. The number of nitriles is 1. The molecule has 0 aromatic heterocycles. The maximum atomic E-state index is 8.82. The molecule has 1 aliphatic heterocycles. The van der Waals surface area contributed by atoms with E-state index >= 15 is 0 Å². The third-order valence-electron chi connectivity index (χ3n) is 3.86. The monoisotopic (exact) mass is 309 g/mol. The lowest BCUT2D eigenvalue weighted by molar-refractivity contribution is -0.151. The quantitative estimate of drug-likeness (QED) is 0.604. The van der Waals surface area contributed by atoms with Gasteiger partial charge in [0.05, 0.1) is 31.5 Å². The largest absolute Gasteiger partial charge is 0.468 e. The first-order valence-corrected chi connectivity index (χ1v) is 7.57. The van der Waals surface area contributed by atoms with Gasteiger partial charge in [0.25, 0.3) is 0 Å². The van der Waals surface area contributed by atoms with Crippen LogP contribution in [0, 0.1) is 16.7 Å². The third kappa shape index (κ3) is 3.89. The Balaban J connectivity index is 1.51. The summed E-state index contributed by atoms with van der Waals surface area (Å²) in [6, 6.07) is 17.5. The van der Waals surface area contributed by atoms with E-state index in [1.54, 1.807) is 0 Å².